The van der Waals surface area contributed by atoms with Gasteiger partial charge < -0.3 is 10.2 Å². The van der Waals surface area contributed by atoms with Crippen molar-refractivity contribution in [2.75, 3.05) is 0 Å². The highest BCUT2D eigenvalue weighted by Crippen LogP contribution is 2.34. The third-order valence-electron chi connectivity index (χ3n) is 2.92. The Morgan fingerprint density at radius 3 is 2.38 bits per heavy atom. The van der Waals surface area contributed by atoms with E-state index in [2.05, 4.69) is 0 Å². The quantitative estimate of drug-likeness (QED) is 0.598. The van der Waals surface area contributed by atoms with Gasteiger partial charge in [0, 0.05) is 0 Å². The second-order valence-corrected chi connectivity index (χ2v) is 4.27. The Labute approximate surface area is 81.0 Å². The van der Waals surface area contributed by atoms with Crippen LogP contribution in [0.15, 0.2) is 0 Å². The number of aliphatic hydroxyl groups excluding tert-OH is 2. The summed E-state index contributed by atoms with van der Waals surface area (Å²) in [5, 5.41) is 18.7. The summed E-state index contributed by atoms with van der Waals surface area (Å²) in [7, 11) is 0. The van der Waals surface area contributed by atoms with E-state index in [1.807, 2.05) is 6.92 Å². The maximum atomic E-state index is 9.45. The summed E-state index contributed by atoms with van der Waals surface area (Å²) in [5.74, 6) is 0.994. The SMILES string of the molecule is CC[C@@H](O)[C@H](O)CCCCC1CC1. The molecule has 0 aromatic heterocycles. The van der Waals surface area contributed by atoms with Gasteiger partial charge in [0.1, 0.15) is 0 Å². The van der Waals surface area contributed by atoms with Crippen LogP contribution in [0.2, 0.25) is 0 Å². The zero-order valence-corrected chi connectivity index (χ0v) is 8.58. The predicted octanol–water partition coefficient (Wildman–Crippen LogP) is 2.09. The zero-order chi connectivity index (χ0) is 9.68. The number of rotatable bonds is 7. The Morgan fingerprint density at radius 2 is 1.85 bits per heavy atom. The molecule has 1 saturated carbocycles. The smallest absolute Gasteiger partial charge is 0.0799 e. The van der Waals surface area contributed by atoms with Gasteiger partial charge in [0.15, 0.2) is 0 Å². The van der Waals surface area contributed by atoms with Gasteiger partial charge in [0.05, 0.1) is 12.2 Å². The maximum absolute atomic E-state index is 9.45. The van der Waals surface area contributed by atoms with Gasteiger partial charge in [-0.25, -0.2) is 0 Å². The van der Waals surface area contributed by atoms with E-state index in [9.17, 15) is 10.2 Å². The zero-order valence-electron chi connectivity index (χ0n) is 8.58. The van der Waals surface area contributed by atoms with E-state index in [1.54, 1.807) is 0 Å². The first-order chi connectivity index (χ1) is 6.24. The molecule has 0 heterocycles. The van der Waals surface area contributed by atoms with Gasteiger partial charge in [-0.2, -0.15) is 0 Å². The molecule has 0 amide bonds. The first-order valence-electron chi connectivity index (χ1n) is 5.60. The molecule has 0 radical (unpaired) electrons. The van der Waals surface area contributed by atoms with Gasteiger partial charge in [-0.05, 0) is 18.8 Å². The summed E-state index contributed by atoms with van der Waals surface area (Å²) in [4.78, 5) is 0. The van der Waals surface area contributed by atoms with Gasteiger partial charge >= 0.3 is 0 Å². The van der Waals surface area contributed by atoms with E-state index in [4.69, 9.17) is 0 Å². The molecule has 2 atom stereocenters. The first-order valence-corrected chi connectivity index (χ1v) is 5.60. The molecule has 1 aliphatic rings. The third-order valence-corrected chi connectivity index (χ3v) is 2.92. The Bertz CT molecular complexity index is 132. The lowest BCUT2D eigenvalue weighted by atomic mass is 10.0. The van der Waals surface area contributed by atoms with Crippen molar-refractivity contribution in [1.29, 1.82) is 0 Å². The first kappa shape index (κ1) is 11.0. The molecule has 0 aliphatic heterocycles. The van der Waals surface area contributed by atoms with Crippen LogP contribution in [0.3, 0.4) is 0 Å². The lowest BCUT2D eigenvalue weighted by Gasteiger charge is -2.15. The Hall–Kier alpha value is -0.0800. The second-order valence-electron chi connectivity index (χ2n) is 4.27. The van der Waals surface area contributed by atoms with Gasteiger partial charge in [-0.15, -0.1) is 0 Å². The molecule has 0 bridgehead atoms. The molecule has 13 heavy (non-hydrogen) atoms. The minimum absolute atomic E-state index is 0.496. The summed E-state index contributed by atoms with van der Waals surface area (Å²) >= 11 is 0. The van der Waals surface area contributed by atoms with E-state index < -0.39 is 12.2 Å². The van der Waals surface area contributed by atoms with Crippen molar-refractivity contribution in [3.8, 4) is 0 Å². The topological polar surface area (TPSA) is 40.5 Å². The van der Waals surface area contributed by atoms with Crippen LogP contribution in [-0.2, 0) is 0 Å². The molecule has 1 fully saturated rings. The largest absolute Gasteiger partial charge is 0.390 e. The molecule has 1 aliphatic carbocycles. The lowest BCUT2D eigenvalue weighted by Crippen LogP contribution is -2.24. The third kappa shape index (κ3) is 4.63. The highest BCUT2D eigenvalue weighted by Gasteiger charge is 2.20. The van der Waals surface area contributed by atoms with E-state index in [0.717, 1.165) is 18.8 Å². The summed E-state index contributed by atoms with van der Waals surface area (Å²) in [6.07, 6.45) is 6.86. The number of hydrogen-bond acceptors (Lipinski definition) is 2. The molecule has 0 spiro atoms. The maximum Gasteiger partial charge on any atom is 0.0799 e. The number of aliphatic hydroxyl groups is 2. The van der Waals surface area contributed by atoms with Crippen LogP contribution in [0.5, 0.6) is 0 Å². The van der Waals surface area contributed by atoms with Crippen LogP contribution in [-0.4, -0.2) is 22.4 Å². The van der Waals surface area contributed by atoms with Gasteiger partial charge in [0.2, 0.25) is 0 Å². The van der Waals surface area contributed by atoms with Crippen LogP contribution >= 0.6 is 0 Å². The number of hydrogen-bond donors (Lipinski definition) is 2. The van der Waals surface area contributed by atoms with Crippen molar-refractivity contribution >= 4 is 0 Å². The van der Waals surface area contributed by atoms with Crippen molar-refractivity contribution in [2.45, 2.75) is 64.1 Å². The van der Waals surface area contributed by atoms with Crippen molar-refractivity contribution in [1.82, 2.24) is 0 Å². The van der Waals surface area contributed by atoms with E-state index in [1.165, 1.54) is 25.7 Å². The highest BCUT2D eigenvalue weighted by atomic mass is 16.3. The van der Waals surface area contributed by atoms with Gasteiger partial charge in [-0.1, -0.05) is 39.0 Å². The van der Waals surface area contributed by atoms with Crippen LogP contribution in [0.4, 0.5) is 0 Å². The molecular weight excluding hydrogens is 164 g/mol. The Morgan fingerprint density at radius 1 is 1.15 bits per heavy atom. The summed E-state index contributed by atoms with van der Waals surface area (Å²) < 4.78 is 0. The standard InChI is InChI=1S/C11H22O2/c1-2-10(12)11(13)6-4-3-5-9-7-8-9/h9-13H,2-8H2,1H3/t10-,11-/m1/s1. The van der Waals surface area contributed by atoms with Crippen molar-refractivity contribution in [3.05, 3.63) is 0 Å². The van der Waals surface area contributed by atoms with Crippen LogP contribution < -0.4 is 0 Å². The predicted molar refractivity (Wildman–Crippen MR) is 53.5 cm³/mol. The molecule has 2 nitrogen and oxygen atoms in total. The van der Waals surface area contributed by atoms with E-state index in [0.29, 0.717) is 6.42 Å². The van der Waals surface area contributed by atoms with Crippen molar-refractivity contribution in [3.63, 3.8) is 0 Å². The summed E-state index contributed by atoms with van der Waals surface area (Å²) in [6.45, 7) is 1.90. The van der Waals surface area contributed by atoms with Gasteiger partial charge in [-0.3, -0.25) is 0 Å². The molecule has 78 valence electrons. The van der Waals surface area contributed by atoms with E-state index >= 15 is 0 Å². The molecule has 0 unspecified atom stereocenters. The minimum atomic E-state index is -0.513. The van der Waals surface area contributed by atoms with Crippen molar-refractivity contribution in [2.24, 2.45) is 5.92 Å². The van der Waals surface area contributed by atoms with Crippen LogP contribution in [0.1, 0.15) is 51.9 Å². The average Bonchev–Trinajstić information content (AvgIpc) is 2.94. The fraction of sp³-hybridized carbons (Fsp3) is 1.00. The van der Waals surface area contributed by atoms with Crippen LogP contribution in [0, 0.1) is 5.92 Å². The van der Waals surface area contributed by atoms with Gasteiger partial charge in [0.25, 0.3) is 0 Å². The lowest BCUT2D eigenvalue weighted by molar-refractivity contribution is 0.0113. The monoisotopic (exact) mass is 186 g/mol. The van der Waals surface area contributed by atoms with Crippen molar-refractivity contribution < 1.29 is 10.2 Å². The molecule has 2 heteroatoms. The average molecular weight is 186 g/mol. The Kier molecular flexibility index (Phi) is 4.74. The van der Waals surface area contributed by atoms with Crippen LogP contribution in [0.25, 0.3) is 0 Å². The molecule has 1 rings (SSSR count). The Balaban J connectivity index is 1.90. The minimum Gasteiger partial charge on any atom is -0.390 e. The fourth-order valence-electron chi connectivity index (χ4n) is 1.66. The molecule has 0 aromatic rings. The fourth-order valence-corrected chi connectivity index (χ4v) is 1.66. The highest BCUT2D eigenvalue weighted by molar-refractivity contribution is 4.73. The molecule has 0 aromatic carbocycles. The number of unbranched alkanes of at least 4 members (excludes halogenated alkanes) is 1. The second kappa shape index (κ2) is 5.61. The summed E-state index contributed by atoms with van der Waals surface area (Å²) in [6, 6.07) is 0. The molecule has 2 N–H and O–H groups in total. The molecule has 0 saturated heterocycles. The summed E-state index contributed by atoms with van der Waals surface area (Å²) in [5.41, 5.74) is 0. The molecular formula is C11H22O2. The van der Waals surface area contributed by atoms with E-state index in [-0.39, 0.29) is 0 Å². The normalized spacial score (nSPS) is 21.5.